The second kappa shape index (κ2) is 11.2. The predicted molar refractivity (Wildman–Crippen MR) is 137 cm³/mol. The molecule has 1 aliphatic rings. The Morgan fingerprint density at radius 1 is 1.10 bits per heavy atom. The van der Waals surface area contributed by atoms with Gasteiger partial charge in [-0.1, -0.05) is 42.5 Å². The van der Waals surface area contributed by atoms with Gasteiger partial charge in [0.1, 0.15) is 12.4 Å². The van der Waals surface area contributed by atoms with Crippen molar-refractivity contribution in [3.63, 3.8) is 0 Å². The quantitative estimate of drug-likeness (QED) is 0.332. The molecule has 1 heterocycles. The first-order valence-corrected chi connectivity index (χ1v) is 12.0. The summed E-state index contributed by atoms with van der Waals surface area (Å²) in [7, 11) is -3.08. The van der Waals surface area contributed by atoms with Crippen LogP contribution in [0.5, 0.6) is 5.75 Å². The smallest absolute Gasteiger partial charge is 0.194 e. The fraction of sp³-hybridized carbons (Fsp3) is 0.435. The predicted octanol–water partition coefficient (Wildman–Crippen LogP) is 3.86. The van der Waals surface area contributed by atoms with Crippen LogP contribution < -0.4 is 10.1 Å². The Morgan fingerprint density at radius 2 is 1.77 bits per heavy atom. The molecule has 8 heteroatoms. The van der Waals surface area contributed by atoms with Gasteiger partial charge in [-0.15, -0.1) is 24.0 Å². The minimum atomic E-state index is -3.08. The summed E-state index contributed by atoms with van der Waals surface area (Å²) in [5.41, 5.74) is 2.20. The summed E-state index contributed by atoms with van der Waals surface area (Å²) in [5, 5.41) is 3.29. The van der Waals surface area contributed by atoms with Crippen LogP contribution in [0.4, 0.5) is 0 Å². The number of nitrogens with one attached hydrogen (secondary N) is 1. The van der Waals surface area contributed by atoms with Gasteiger partial charge in [0.2, 0.25) is 0 Å². The average Bonchev–Trinajstić information content (AvgIpc) is 2.73. The van der Waals surface area contributed by atoms with Crippen molar-refractivity contribution in [2.24, 2.45) is 4.99 Å². The fourth-order valence-electron chi connectivity index (χ4n) is 3.35. The number of hydrogen-bond donors (Lipinski definition) is 1. The van der Waals surface area contributed by atoms with Gasteiger partial charge in [0, 0.05) is 19.6 Å². The number of benzene rings is 2. The molecule has 2 aromatic rings. The lowest BCUT2D eigenvalue weighted by atomic mass is 10.2. The summed E-state index contributed by atoms with van der Waals surface area (Å²) >= 11 is 0. The lowest BCUT2D eigenvalue weighted by molar-refractivity contribution is 0.306. The Hall–Kier alpha value is -1.81. The first-order valence-electron chi connectivity index (χ1n) is 10.3. The zero-order chi connectivity index (χ0) is 21.6. The van der Waals surface area contributed by atoms with Crippen LogP contribution in [0.3, 0.4) is 0 Å². The molecule has 0 saturated carbocycles. The Morgan fingerprint density at radius 3 is 2.39 bits per heavy atom. The van der Waals surface area contributed by atoms with Gasteiger partial charge in [0.15, 0.2) is 15.8 Å². The van der Waals surface area contributed by atoms with Crippen molar-refractivity contribution in [3.8, 4) is 5.75 Å². The second-order valence-electron chi connectivity index (χ2n) is 8.09. The minimum absolute atomic E-state index is 0. The number of halogens is 1. The number of hydrogen-bond acceptors (Lipinski definition) is 4. The summed E-state index contributed by atoms with van der Waals surface area (Å²) in [6.07, 6.45) is 0. The topological polar surface area (TPSA) is 71.0 Å². The van der Waals surface area contributed by atoms with Crippen LogP contribution in [-0.2, 0) is 23.0 Å². The maximum atomic E-state index is 12.3. The lowest BCUT2D eigenvalue weighted by Gasteiger charge is -2.39. The van der Waals surface area contributed by atoms with Crippen molar-refractivity contribution < 1.29 is 13.2 Å². The van der Waals surface area contributed by atoms with Gasteiger partial charge < -0.3 is 15.0 Å². The zero-order valence-corrected chi connectivity index (χ0v) is 21.5. The van der Waals surface area contributed by atoms with E-state index in [1.165, 1.54) is 0 Å². The van der Waals surface area contributed by atoms with Gasteiger partial charge in [-0.25, -0.2) is 13.4 Å². The maximum Gasteiger partial charge on any atom is 0.194 e. The average molecular weight is 557 g/mol. The van der Waals surface area contributed by atoms with E-state index in [-0.39, 0.29) is 29.7 Å². The summed E-state index contributed by atoms with van der Waals surface area (Å²) in [5.74, 6) is 1.73. The van der Waals surface area contributed by atoms with Crippen molar-refractivity contribution in [3.05, 3.63) is 65.7 Å². The van der Waals surface area contributed by atoms with E-state index in [4.69, 9.17) is 9.73 Å². The van der Waals surface area contributed by atoms with Gasteiger partial charge in [0.05, 0.1) is 17.0 Å². The van der Waals surface area contributed by atoms with Crippen LogP contribution in [-0.4, -0.2) is 49.4 Å². The SMILES string of the molecule is CCNC(=NCc1ccc(OCc2ccccc2)cc1)N1CCS(=O)(=O)C(C)(C)C1.I. The fourth-order valence-corrected chi connectivity index (χ4v) is 4.71. The largest absolute Gasteiger partial charge is 0.489 e. The van der Waals surface area contributed by atoms with E-state index in [1.54, 1.807) is 13.8 Å². The molecule has 0 radical (unpaired) electrons. The molecule has 3 rings (SSSR count). The van der Waals surface area contributed by atoms with E-state index in [0.717, 1.165) is 29.4 Å². The highest BCUT2D eigenvalue weighted by Crippen LogP contribution is 2.24. The van der Waals surface area contributed by atoms with Gasteiger partial charge in [-0.2, -0.15) is 0 Å². The Bertz CT molecular complexity index is 961. The normalized spacial score (nSPS) is 17.5. The van der Waals surface area contributed by atoms with Crippen LogP contribution in [0.1, 0.15) is 31.9 Å². The molecule has 0 atom stereocenters. The molecule has 6 nitrogen and oxygen atoms in total. The third-order valence-electron chi connectivity index (χ3n) is 5.26. The van der Waals surface area contributed by atoms with Crippen molar-refractivity contribution >= 4 is 39.8 Å². The van der Waals surface area contributed by atoms with E-state index < -0.39 is 14.6 Å². The molecular weight excluding hydrogens is 525 g/mol. The van der Waals surface area contributed by atoms with E-state index in [0.29, 0.717) is 26.2 Å². The molecular formula is C23H32IN3O3S. The van der Waals surface area contributed by atoms with Crippen LogP contribution >= 0.6 is 24.0 Å². The summed E-state index contributed by atoms with van der Waals surface area (Å²) in [4.78, 5) is 6.78. The number of ether oxygens (including phenoxy) is 1. The molecule has 1 N–H and O–H groups in total. The third kappa shape index (κ3) is 6.83. The van der Waals surface area contributed by atoms with E-state index >= 15 is 0 Å². The number of rotatable bonds is 6. The minimum Gasteiger partial charge on any atom is -0.489 e. The molecule has 0 bridgehead atoms. The number of guanidine groups is 1. The molecule has 0 amide bonds. The molecule has 1 aliphatic heterocycles. The van der Waals surface area contributed by atoms with Gasteiger partial charge in [-0.3, -0.25) is 0 Å². The first-order chi connectivity index (χ1) is 14.3. The van der Waals surface area contributed by atoms with Crippen molar-refractivity contribution in [1.82, 2.24) is 10.2 Å². The standard InChI is InChI=1S/C23H31N3O3S.HI/c1-4-24-22(26-14-15-30(27,28)23(2,3)18-26)25-16-19-10-12-21(13-11-19)29-17-20-8-6-5-7-9-20;/h5-13H,4,14-18H2,1-3H3,(H,24,25);1H. The molecule has 0 unspecified atom stereocenters. The molecule has 0 aromatic heterocycles. The van der Waals surface area contributed by atoms with E-state index in [9.17, 15) is 8.42 Å². The van der Waals surface area contributed by atoms with Crippen LogP contribution in [0, 0.1) is 0 Å². The highest BCUT2D eigenvalue weighted by molar-refractivity contribution is 14.0. The number of aliphatic imine (C=N–C) groups is 1. The monoisotopic (exact) mass is 557 g/mol. The first kappa shape index (κ1) is 25.5. The summed E-state index contributed by atoms with van der Waals surface area (Å²) in [6.45, 7) is 8.27. The Balaban J connectivity index is 0.00000341. The van der Waals surface area contributed by atoms with E-state index in [2.05, 4.69) is 5.32 Å². The molecule has 1 saturated heterocycles. The molecule has 1 fully saturated rings. The summed E-state index contributed by atoms with van der Waals surface area (Å²) < 4.78 is 29.6. The van der Waals surface area contributed by atoms with Gasteiger partial charge >= 0.3 is 0 Å². The highest BCUT2D eigenvalue weighted by Gasteiger charge is 2.40. The lowest BCUT2D eigenvalue weighted by Crippen LogP contribution is -2.57. The van der Waals surface area contributed by atoms with Gasteiger partial charge in [0.25, 0.3) is 0 Å². The van der Waals surface area contributed by atoms with Crippen molar-refractivity contribution in [2.75, 3.05) is 25.4 Å². The maximum absolute atomic E-state index is 12.3. The summed E-state index contributed by atoms with van der Waals surface area (Å²) in [6, 6.07) is 18.0. The molecule has 2 aromatic carbocycles. The van der Waals surface area contributed by atoms with Crippen molar-refractivity contribution in [2.45, 2.75) is 38.7 Å². The second-order valence-corrected chi connectivity index (χ2v) is 10.8. The number of sulfone groups is 1. The van der Waals surface area contributed by atoms with Crippen molar-refractivity contribution in [1.29, 1.82) is 0 Å². The highest BCUT2D eigenvalue weighted by atomic mass is 127. The number of nitrogens with zero attached hydrogens (tertiary/aromatic N) is 2. The Kier molecular flexibility index (Phi) is 9.17. The van der Waals surface area contributed by atoms with Crippen LogP contribution in [0.15, 0.2) is 59.6 Å². The van der Waals surface area contributed by atoms with Crippen LogP contribution in [0.25, 0.3) is 0 Å². The molecule has 170 valence electrons. The van der Waals surface area contributed by atoms with Crippen LogP contribution in [0.2, 0.25) is 0 Å². The molecule has 0 spiro atoms. The van der Waals surface area contributed by atoms with E-state index in [1.807, 2.05) is 66.4 Å². The Labute approximate surface area is 203 Å². The molecule has 0 aliphatic carbocycles. The molecule has 31 heavy (non-hydrogen) atoms. The zero-order valence-electron chi connectivity index (χ0n) is 18.4. The van der Waals surface area contributed by atoms with Gasteiger partial charge in [-0.05, 0) is 44.0 Å². The third-order valence-corrected chi connectivity index (χ3v) is 7.79.